The van der Waals surface area contributed by atoms with Crippen molar-refractivity contribution in [3.05, 3.63) is 29.8 Å². The summed E-state index contributed by atoms with van der Waals surface area (Å²) in [6.45, 7) is 1.89. The van der Waals surface area contributed by atoms with Crippen molar-refractivity contribution in [1.29, 1.82) is 0 Å². The summed E-state index contributed by atoms with van der Waals surface area (Å²) in [7, 11) is 0. The van der Waals surface area contributed by atoms with Crippen molar-refractivity contribution in [3.8, 4) is 5.75 Å². The van der Waals surface area contributed by atoms with Gasteiger partial charge in [0.1, 0.15) is 18.3 Å². The van der Waals surface area contributed by atoms with E-state index in [2.05, 4.69) is 0 Å². The van der Waals surface area contributed by atoms with E-state index in [-0.39, 0.29) is 11.8 Å². The first-order valence-electron chi connectivity index (χ1n) is 7.53. The zero-order chi connectivity index (χ0) is 13.9. The van der Waals surface area contributed by atoms with E-state index in [9.17, 15) is 4.79 Å². The number of hydrogen-bond donors (Lipinski definition) is 1. The molecule has 0 radical (unpaired) electrons. The molecule has 108 valence electrons. The van der Waals surface area contributed by atoms with Crippen molar-refractivity contribution in [2.24, 2.45) is 5.73 Å². The standard InChI is InChI=1S/C16H22N2O2/c17-9-4-10-18(12-5-3-6-12)16(19)14-11-20-15-8-2-1-7-13(14)15/h1-2,7-8,12,14H,3-6,9-11,17H2. The minimum absolute atomic E-state index is 0.135. The van der Waals surface area contributed by atoms with Crippen LogP contribution in [0.4, 0.5) is 0 Å². The summed E-state index contributed by atoms with van der Waals surface area (Å²) < 4.78 is 5.65. The number of nitrogens with zero attached hydrogens (tertiary/aromatic N) is 1. The number of rotatable bonds is 5. The van der Waals surface area contributed by atoms with Gasteiger partial charge >= 0.3 is 0 Å². The second-order valence-corrected chi connectivity index (χ2v) is 5.66. The van der Waals surface area contributed by atoms with E-state index < -0.39 is 0 Å². The van der Waals surface area contributed by atoms with E-state index in [1.807, 2.05) is 29.2 Å². The highest BCUT2D eigenvalue weighted by Gasteiger charge is 2.37. The molecule has 0 aromatic heterocycles. The van der Waals surface area contributed by atoms with E-state index in [0.29, 0.717) is 19.2 Å². The van der Waals surface area contributed by atoms with Gasteiger partial charge in [0.25, 0.3) is 0 Å². The van der Waals surface area contributed by atoms with Crippen LogP contribution in [0.5, 0.6) is 5.75 Å². The lowest BCUT2D eigenvalue weighted by Crippen LogP contribution is -2.47. The van der Waals surface area contributed by atoms with E-state index in [1.54, 1.807) is 0 Å². The van der Waals surface area contributed by atoms with Crippen LogP contribution in [0.2, 0.25) is 0 Å². The zero-order valence-corrected chi connectivity index (χ0v) is 11.8. The molecule has 2 N–H and O–H groups in total. The first-order valence-corrected chi connectivity index (χ1v) is 7.53. The number of amides is 1. The van der Waals surface area contributed by atoms with E-state index in [1.165, 1.54) is 6.42 Å². The summed E-state index contributed by atoms with van der Waals surface area (Å²) in [6, 6.07) is 8.29. The lowest BCUT2D eigenvalue weighted by atomic mass is 9.89. The molecule has 1 aliphatic carbocycles. The Morgan fingerprint density at radius 2 is 2.15 bits per heavy atom. The van der Waals surface area contributed by atoms with Gasteiger partial charge in [0, 0.05) is 18.2 Å². The van der Waals surface area contributed by atoms with Gasteiger partial charge in [0.05, 0.1) is 0 Å². The summed E-state index contributed by atoms with van der Waals surface area (Å²) in [4.78, 5) is 14.9. The number of hydrogen-bond acceptors (Lipinski definition) is 3. The highest BCUT2D eigenvalue weighted by atomic mass is 16.5. The molecule has 1 unspecified atom stereocenters. The predicted molar refractivity (Wildman–Crippen MR) is 77.7 cm³/mol. The number of carbonyl (C=O) groups excluding carboxylic acids is 1. The van der Waals surface area contributed by atoms with Crippen LogP contribution in [0.1, 0.15) is 37.2 Å². The van der Waals surface area contributed by atoms with Gasteiger partial charge in [-0.3, -0.25) is 4.79 Å². The number of nitrogens with two attached hydrogens (primary N) is 1. The molecule has 0 spiro atoms. The number of ether oxygens (including phenoxy) is 1. The van der Waals surface area contributed by atoms with Gasteiger partial charge < -0.3 is 15.4 Å². The molecule has 3 rings (SSSR count). The molecule has 0 saturated heterocycles. The maximum absolute atomic E-state index is 12.9. The third-order valence-electron chi connectivity index (χ3n) is 4.40. The van der Waals surface area contributed by atoms with Crippen LogP contribution in [0, 0.1) is 0 Å². The molecule has 1 fully saturated rings. The molecule has 0 bridgehead atoms. The van der Waals surface area contributed by atoms with Gasteiger partial charge in [-0.2, -0.15) is 0 Å². The Kier molecular flexibility index (Phi) is 3.92. The van der Waals surface area contributed by atoms with Crippen molar-refractivity contribution in [2.75, 3.05) is 19.7 Å². The van der Waals surface area contributed by atoms with Crippen LogP contribution >= 0.6 is 0 Å². The van der Waals surface area contributed by atoms with Crippen molar-refractivity contribution in [1.82, 2.24) is 4.90 Å². The van der Waals surface area contributed by atoms with E-state index in [0.717, 1.165) is 37.1 Å². The SMILES string of the molecule is NCCCN(C(=O)C1COc2ccccc21)C1CCC1. The first kappa shape index (κ1) is 13.4. The lowest BCUT2D eigenvalue weighted by Gasteiger charge is -2.38. The lowest BCUT2D eigenvalue weighted by molar-refractivity contribution is -0.137. The Morgan fingerprint density at radius 1 is 1.35 bits per heavy atom. The second kappa shape index (κ2) is 5.83. The molecular weight excluding hydrogens is 252 g/mol. The van der Waals surface area contributed by atoms with Crippen LogP contribution in [-0.4, -0.2) is 36.5 Å². The zero-order valence-electron chi connectivity index (χ0n) is 11.8. The van der Waals surface area contributed by atoms with Gasteiger partial charge in [-0.1, -0.05) is 18.2 Å². The molecule has 1 saturated carbocycles. The third-order valence-corrected chi connectivity index (χ3v) is 4.40. The molecule has 1 aliphatic heterocycles. The van der Waals surface area contributed by atoms with E-state index in [4.69, 9.17) is 10.5 Å². The van der Waals surface area contributed by atoms with Gasteiger partial charge in [-0.05, 0) is 38.3 Å². The third kappa shape index (κ3) is 2.40. The predicted octanol–water partition coefficient (Wildman–Crippen LogP) is 1.89. The van der Waals surface area contributed by atoms with Crippen LogP contribution in [0.15, 0.2) is 24.3 Å². The molecule has 4 heteroatoms. The smallest absolute Gasteiger partial charge is 0.233 e. The molecule has 20 heavy (non-hydrogen) atoms. The van der Waals surface area contributed by atoms with Crippen LogP contribution in [0.3, 0.4) is 0 Å². The van der Waals surface area contributed by atoms with Crippen molar-refractivity contribution in [3.63, 3.8) is 0 Å². The molecular formula is C16H22N2O2. The average Bonchev–Trinajstić information content (AvgIpc) is 2.84. The van der Waals surface area contributed by atoms with Gasteiger partial charge in [0.2, 0.25) is 5.91 Å². The first-order chi connectivity index (χ1) is 9.81. The fourth-order valence-corrected chi connectivity index (χ4v) is 3.00. The number of para-hydroxylation sites is 1. The Morgan fingerprint density at radius 3 is 2.85 bits per heavy atom. The Bertz CT molecular complexity index is 485. The van der Waals surface area contributed by atoms with Crippen molar-refractivity contribution >= 4 is 5.91 Å². The fraction of sp³-hybridized carbons (Fsp3) is 0.562. The molecule has 1 atom stereocenters. The molecule has 4 nitrogen and oxygen atoms in total. The molecule has 1 heterocycles. The fourth-order valence-electron chi connectivity index (χ4n) is 3.00. The van der Waals surface area contributed by atoms with Gasteiger partial charge in [-0.15, -0.1) is 0 Å². The van der Waals surface area contributed by atoms with Gasteiger partial charge in [0.15, 0.2) is 0 Å². The van der Waals surface area contributed by atoms with Crippen LogP contribution in [-0.2, 0) is 4.79 Å². The minimum Gasteiger partial charge on any atom is -0.492 e. The Balaban J connectivity index is 1.76. The normalized spacial score (nSPS) is 20.9. The van der Waals surface area contributed by atoms with Gasteiger partial charge in [-0.25, -0.2) is 0 Å². The Labute approximate surface area is 119 Å². The number of benzene rings is 1. The molecule has 1 aromatic carbocycles. The maximum Gasteiger partial charge on any atom is 0.233 e. The number of fused-ring (bicyclic) bond motifs is 1. The Hall–Kier alpha value is -1.55. The summed E-state index contributed by atoms with van der Waals surface area (Å²) >= 11 is 0. The highest BCUT2D eigenvalue weighted by molar-refractivity contribution is 5.86. The largest absolute Gasteiger partial charge is 0.492 e. The quantitative estimate of drug-likeness (QED) is 0.892. The summed E-state index contributed by atoms with van der Waals surface area (Å²) in [5.41, 5.74) is 6.64. The van der Waals surface area contributed by atoms with E-state index >= 15 is 0 Å². The topological polar surface area (TPSA) is 55.6 Å². The summed E-state index contributed by atoms with van der Waals surface area (Å²) in [5, 5.41) is 0. The van der Waals surface area contributed by atoms with Crippen LogP contribution < -0.4 is 10.5 Å². The van der Waals surface area contributed by atoms with Crippen molar-refractivity contribution < 1.29 is 9.53 Å². The monoisotopic (exact) mass is 274 g/mol. The summed E-state index contributed by atoms with van der Waals surface area (Å²) in [6.07, 6.45) is 4.36. The number of carbonyl (C=O) groups is 1. The molecule has 2 aliphatic rings. The summed E-state index contributed by atoms with van der Waals surface area (Å²) in [5.74, 6) is 0.941. The average molecular weight is 274 g/mol. The second-order valence-electron chi connectivity index (χ2n) is 5.66. The minimum atomic E-state index is -0.135. The highest BCUT2D eigenvalue weighted by Crippen LogP contribution is 2.36. The van der Waals surface area contributed by atoms with Crippen LogP contribution in [0.25, 0.3) is 0 Å². The maximum atomic E-state index is 12.9. The molecule has 1 amide bonds. The molecule has 1 aromatic rings. The van der Waals surface area contributed by atoms with Crippen molar-refractivity contribution in [2.45, 2.75) is 37.6 Å².